The molecule has 1 aliphatic heterocycles. The molecule has 0 amide bonds. The molecule has 1 aromatic carbocycles. The summed E-state index contributed by atoms with van der Waals surface area (Å²) in [6.45, 7) is 0.222. The first-order valence-corrected chi connectivity index (χ1v) is 6.31. The van der Waals surface area contributed by atoms with Gasteiger partial charge in [0.15, 0.2) is 6.10 Å². The fourth-order valence-electron chi connectivity index (χ4n) is 1.81. The van der Waals surface area contributed by atoms with E-state index >= 15 is 0 Å². The molecular formula is C12H12BrFO4. The molecule has 18 heavy (non-hydrogen) atoms. The number of halogens is 2. The Morgan fingerprint density at radius 2 is 2.28 bits per heavy atom. The average molecular weight is 319 g/mol. The van der Waals surface area contributed by atoms with Gasteiger partial charge in [-0.15, -0.1) is 0 Å². The number of hydrogen-bond donors (Lipinski definition) is 1. The molecule has 2 atom stereocenters. The first-order valence-electron chi connectivity index (χ1n) is 5.52. The van der Waals surface area contributed by atoms with E-state index in [-0.39, 0.29) is 12.7 Å². The lowest BCUT2D eigenvalue weighted by Gasteiger charge is -2.13. The van der Waals surface area contributed by atoms with Crippen LogP contribution in [-0.4, -0.2) is 29.9 Å². The average Bonchev–Trinajstić information content (AvgIpc) is 2.73. The summed E-state index contributed by atoms with van der Waals surface area (Å²) in [5, 5.41) is 8.77. The van der Waals surface area contributed by atoms with E-state index in [4.69, 9.17) is 14.6 Å². The molecule has 1 saturated heterocycles. The van der Waals surface area contributed by atoms with Crippen molar-refractivity contribution in [3.05, 3.63) is 28.5 Å². The Balaban J connectivity index is 1.87. The van der Waals surface area contributed by atoms with Crippen LogP contribution in [0.5, 0.6) is 5.75 Å². The lowest BCUT2D eigenvalue weighted by atomic mass is 10.2. The van der Waals surface area contributed by atoms with Gasteiger partial charge in [0.05, 0.1) is 6.10 Å². The van der Waals surface area contributed by atoms with Crippen LogP contribution in [0.25, 0.3) is 0 Å². The number of hydrogen-bond acceptors (Lipinski definition) is 3. The van der Waals surface area contributed by atoms with Gasteiger partial charge in [-0.25, -0.2) is 9.18 Å². The molecule has 0 spiro atoms. The van der Waals surface area contributed by atoms with Crippen molar-refractivity contribution in [3.8, 4) is 5.75 Å². The minimum absolute atomic E-state index is 0.222. The predicted octanol–water partition coefficient (Wildman–Crippen LogP) is 2.60. The van der Waals surface area contributed by atoms with Crippen LogP contribution in [0.1, 0.15) is 12.8 Å². The molecule has 0 radical (unpaired) electrons. The maximum atomic E-state index is 13.1. The molecule has 1 heterocycles. The molecule has 1 aliphatic rings. The summed E-state index contributed by atoms with van der Waals surface area (Å²) in [6.07, 6.45) is 0.106. The van der Waals surface area contributed by atoms with Crippen molar-refractivity contribution in [2.75, 3.05) is 6.61 Å². The van der Waals surface area contributed by atoms with Crippen molar-refractivity contribution in [1.29, 1.82) is 0 Å². The van der Waals surface area contributed by atoms with E-state index in [0.29, 0.717) is 23.1 Å². The summed E-state index contributed by atoms with van der Waals surface area (Å²) in [4.78, 5) is 10.7. The maximum Gasteiger partial charge on any atom is 0.332 e. The quantitative estimate of drug-likeness (QED) is 0.927. The van der Waals surface area contributed by atoms with E-state index in [1.54, 1.807) is 6.07 Å². The van der Waals surface area contributed by atoms with Crippen molar-refractivity contribution in [3.63, 3.8) is 0 Å². The zero-order chi connectivity index (χ0) is 13.1. The van der Waals surface area contributed by atoms with Gasteiger partial charge in [0.2, 0.25) is 0 Å². The number of carboxylic acid groups (broad SMARTS) is 1. The molecule has 98 valence electrons. The number of aliphatic carboxylic acids is 1. The van der Waals surface area contributed by atoms with Gasteiger partial charge in [0.25, 0.3) is 0 Å². The predicted molar refractivity (Wildman–Crippen MR) is 65.1 cm³/mol. The summed E-state index contributed by atoms with van der Waals surface area (Å²) >= 11 is 3.17. The van der Waals surface area contributed by atoms with Gasteiger partial charge < -0.3 is 14.6 Å². The molecule has 0 aromatic heterocycles. The molecule has 0 saturated carbocycles. The minimum Gasteiger partial charge on any atom is -0.491 e. The van der Waals surface area contributed by atoms with Crippen LogP contribution < -0.4 is 4.74 Å². The SMILES string of the molecule is O=C(O)C1CCC(COc2cc(F)cc(Br)c2)O1. The van der Waals surface area contributed by atoms with E-state index < -0.39 is 17.9 Å². The minimum atomic E-state index is -0.953. The molecule has 6 heteroatoms. The van der Waals surface area contributed by atoms with Gasteiger partial charge in [-0.2, -0.15) is 0 Å². The lowest BCUT2D eigenvalue weighted by Crippen LogP contribution is -2.23. The van der Waals surface area contributed by atoms with E-state index in [1.165, 1.54) is 12.1 Å². The summed E-state index contributed by atoms with van der Waals surface area (Å²) < 4.78 is 24.3. The van der Waals surface area contributed by atoms with Crippen molar-refractivity contribution in [1.82, 2.24) is 0 Å². The van der Waals surface area contributed by atoms with Crippen LogP contribution in [-0.2, 0) is 9.53 Å². The topological polar surface area (TPSA) is 55.8 Å². The molecule has 1 aromatic rings. The largest absolute Gasteiger partial charge is 0.491 e. The van der Waals surface area contributed by atoms with Crippen LogP contribution in [0.3, 0.4) is 0 Å². The molecular weight excluding hydrogens is 307 g/mol. The van der Waals surface area contributed by atoms with Gasteiger partial charge in [-0.3, -0.25) is 0 Å². The number of carboxylic acids is 1. The first-order chi connectivity index (χ1) is 8.54. The highest BCUT2D eigenvalue weighted by molar-refractivity contribution is 9.10. The molecule has 1 N–H and O–H groups in total. The number of benzene rings is 1. The van der Waals surface area contributed by atoms with Gasteiger partial charge in [-0.05, 0) is 25.0 Å². The van der Waals surface area contributed by atoms with Crippen molar-refractivity contribution in [2.45, 2.75) is 25.0 Å². The highest BCUT2D eigenvalue weighted by Crippen LogP contribution is 2.23. The van der Waals surface area contributed by atoms with Crippen LogP contribution in [0.2, 0.25) is 0 Å². The third kappa shape index (κ3) is 3.43. The van der Waals surface area contributed by atoms with Crippen LogP contribution in [0.15, 0.2) is 22.7 Å². The van der Waals surface area contributed by atoms with Crippen LogP contribution in [0.4, 0.5) is 4.39 Å². The monoisotopic (exact) mass is 318 g/mol. The number of ether oxygens (including phenoxy) is 2. The molecule has 4 nitrogen and oxygen atoms in total. The molecule has 2 rings (SSSR count). The zero-order valence-electron chi connectivity index (χ0n) is 9.44. The van der Waals surface area contributed by atoms with E-state index in [9.17, 15) is 9.18 Å². The Kier molecular flexibility index (Phi) is 4.19. The second-order valence-electron chi connectivity index (χ2n) is 4.08. The fourth-order valence-corrected chi connectivity index (χ4v) is 2.26. The van der Waals surface area contributed by atoms with Crippen LogP contribution >= 0.6 is 15.9 Å². The molecule has 0 aliphatic carbocycles. The summed E-state index contributed by atoms with van der Waals surface area (Å²) in [5.74, 6) is -0.953. The van der Waals surface area contributed by atoms with E-state index in [1.807, 2.05) is 0 Å². The third-order valence-electron chi connectivity index (χ3n) is 2.65. The molecule has 0 bridgehead atoms. The Labute approximate surface area is 112 Å². The Morgan fingerprint density at radius 3 is 2.89 bits per heavy atom. The smallest absolute Gasteiger partial charge is 0.332 e. The highest BCUT2D eigenvalue weighted by Gasteiger charge is 2.30. The normalized spacial score (nSPS) is 23.0. The van der Waals surface area contributed by atoms with Gasteiger partial charge in [0.1, 0.15) is 18.2 Å². The zero-order valence-corrected chi connectivity index (χ0v) is 11.0. The Hall–Kier alpha value is -1.14. The van der Waals surface area contributed by atoms with Gasteiger partial charge in [-0.1, -0.05) is 15.9 Å². The molecule has 1 fully saturated rings. The van der Waals surface area contributed by atoms with E-state index in [0.717, 1.165) is 0 Å². The Morgan fingerprint density at radius 1 is 1.50 bits per heavy atom. The maximum absolute atomic E-state index is 13.1. The summed E-state index contributed by atoms with van der Waals surface area (Å²) in [6, 6.07) is 4.25. The summed E-state index contributed by atoms with van der Waals surface area (Å²) in [5.41, 5.74) is 0. The van der Waals surface area contributed by atoms with Gasteiger partial charge in [0, 0.05) is 10.5 Å². The summed E-state index contributed by atoms with van der Waals surface area (Å²) in [7, 11) is 0. The third-order valence-corrected chi connectivity index (χ3v) is 3.11. The van der Waals surface area contributed by atoms with Crippen molar-refractivity contribution in [2.24, 2.45) is 0 Å². The Bertz CT molecular complexity index is 431. The highest BCUT2D eigenvalue weighted by atomic mass is 79.9. The van der Waals surface area contributed by atoms with Gasteiger partial charge >= 0.3 is 5.97 Å². The van der Waals surface area contributed by atoms with Crippen LogP contribution in [0, 0.1) is 5.82 Å². The first kappa shape index (κ1) is 13.3. The second kappa shape index (κ2) is 5.67. The molecule has 2 unspecified atom stereocenters. The fraction of sp³-hybridized carbons (Fsp3) is 0.417. The van der Waals surface area contributed by atoms with Crippen molar-refractivity contribution >= 4 is 21.9 Å². The lowest BCUT2D eigenvalue weighted by molar-refractivity contribution is -0.149. The van der Waals surface area contributed by atoms with Crippen molar-refractivity contribution < 1.29 is 23.8 Å². The number of rotatable bonds is 4. The standard InChI is InChI=1S/C12H12BrFO4/c13-7-3-8(14)5-10(4-7)17-6-9-1-2-11(18-9)12(15)16/h3-5,9,11H,1-2,6H2,(H,15,16). The second-order valence-corrected chi connectivity index (χ2v) is 4.99. The van der Waals surface area contributed by atoms with E-state index in [2.05, 4.69) is 15.9 Å². The number of carbonyl (C=O) groups is 1.